The van der Waals surface area contributed by atoms with E-state index in [0.29, 0.717) is 16.5 Å². The van der Waals surface area contributed by atoms with E-state index in [0.717, 1.165) is 5.56 Å². The summed E-state index contributed by atoms with van der Waals surface area (Å²) in [5.74, 6) is 0.144. The van der Waals surface area contributed by atoms with Crippen molar-refractivity contribution < 1.29 is 23.8 Å². The Kier molecular flexibility index (Phi) is 5.54. The number of carbonyl (C=O) groups excluding carboxylic acids is 2. The van der Waals surface area contributed by atoms with Crippen molar-refractivity contribution in [1.29, 1.82) is 0 Å². The van der Waals surface area contributed by atoms with Gasteiger partial charge in [-0.15, -0.1) is 0 Å². The maximum absolute atomic E-state index is 12.2. The van der Waals surface area contributed by atoms with Crippen molar-refractivity contribution in [1.82, 2.24) is 5.32 Å². The quantitative estimate of drug-likeness (QED) is 0.783. The van der Waals surface area contributed by atoms with E-state index < -0.39 is 18.0 Å². The van der Waals surface area contributed by atoms with Crippen LogP contribution in [0.1, 0.15) is 22.8 Å². The van der Waals surface area contributed by atoms with Gasteiger partial charge in [-0.2, -0.15) is 0 Å². The summed E-state index contributed by atoms with van der Waals surface area (Å²) in [4.78, 5) is 24.3. The second kappa shape index (κ2) is 7.85. The van der Waals surface area contributed by atoms with Crippen LogP contribution in [0.4, 0.5) is 0 Å². The number of carbonyl (C=O) groups is 2. The van der Waals surface area contributed by atoms with Gasteiger partial charge in [-0.05, 0) is 42.8 Å². The van der Waals surface area contributed by atoms with Crippen molar-refractivity contribution in [2.24, 2.45) is 0 Å². The summed E-state index contributed by atoms with van der Waals surface area (Å²) in [7, 11) is 0. The molecule has 8 heteroatoms. The lowest BCUT2D eigenvalue weighted by Gasteiger charge is -2.14. The van der Waals surface area contributed by atoms with Crippen molar-refractivity contribution in [2.45, 2.75) is 19.6 Å². The Labute approximate surface area is 159 Å². The summed E-state index contributed by atoms with van der Waals surface area (Å²) < 4.78 is 15.7. The number of benzene rings is 2. The molecule has 1 aliphatic rings. The third-order valence-corrected chi connectivity index (χ3v) is 4.27. The van der Waals surface area contributed by atoms with Gasteiger partial charge in [0.15, 0.2) is 17.6 Å². The van der Waals surface area contributed by atoms with Crippen molar-refractivity contribution in [3.8, 4) is 11.5 Å². The lowest BCUT2D eigenvalue weighted by molar-refractivity contribution is -0.129. The fourth-order valence-electron chi connectivity index (χ4n) is 2.32. The number of hydrogen-bond acceptors (Lipinski definition) is 5. The van der Waals surface area contributed by atoms with Gasteiger partial charge >= 0.3 is 5.97 Å². The number of rotatable bonds is 5. The van der Waals surface area contributed by atoms with Gasteiger partial charge in [0, 0.05) is 11.6 Å². The van der Waals surface area contributed by atoms with Crippen molar-refractivity contribution >= 4 is 35.1 Å². The molecule has 0 aliphatic carbocycles. The Morgan fingerprint density at radius 3 is 2.73 bits per heavy atom. The van der Waals surface area contributed by atoms with E-state index in [1.165, 1.54) is 19.1 Å². The Bertz CT molecular complexity index is 855. The molecular weight excluding hydrogens is 381 g/mol. The number of halogens is 2. The van der Waals surface area contributed by atoms with Crippen molar-refractivity contribution in [3.05, 3.63) is 57.6 Å². The van der Waals surface area contributed by atoms with E-state index in [1.54, 1.807) is 18.2 Å². The Hall–Kier alpha value is -2.44. The van der Waals surface area contributed by atoms with E-state index in [-0.39, 0.29) is 23.9 Å². The van der Waals surface area contributed by atoms with Gasteiger partial charge in [0.1, 0.15) is 0 Å². The third-order valence-electron chi connectivity index (χ3n) is 3.71. The van der Waals surface area contributed by atoms with Crippen LogP contribution < -0.4 is 14.8 Å². The number of esters is 1. The molecule has 26 heavy (non-hydrogen) atoms. The zero-order valence-corrected chi connectivity index (χ0v) is 15.3. The highest BCUT2D eigenvalue weighted by Gasteiger charge is 2.21. The predicted octanol–water partition coefficient (Wildman–Crippen LogP) is 3.58. The summed E-state index contributed by atoms with van der Waals surface area (Å²) in [6, 6.07) is 9.81. The first-order valence-corrected chi connectivity index (χ1v) is 8.52. The highest BCUT2D eigenvalue weighted by Crippen LogP contribution is 2.32. The van der Waals surface area contributed by atoms with Gasteiger partial charge < -0.3 is 19.5 Å². The molecule has 0 saturated heterocycles. The first-order valence-electron chi connectivity index (χ1n) is 7.76. The summed E-state index contributed by atoms with van der Waals surface area (Å²) >= 11 is 11.8. The minimum atomic E-state index is -0.994. The average Bonchev–Trinajstić information content (AvgIpc) is 3.09. The van der Waals surface area contributed by atoms with Crippen LogP contribution >= 0.6 is 23.2 Å². The molecule has 1 atom stereocenters. The molecular formula is C18H15Cl2NO5. The molecule has 1 N–H and O–H groups in total. The molecule has 2 aromatic rings. The first-order chi connectivity index (χ1) is 12.4. The monoisotopic (exact) mass is 395 g/mol. The number of amides is 1. The molecule has 0 spiro atoms. The van der Waals surface area contributed by atoms with Crippen LogP contribution in [0, 0.1) is 0 Å². The normalized spacial score (nSPS) is 13.2. The Morgan fingerprint density at radius 2 is 1.92 bits per heavy atom. The fourth-order valence-corrected chi connectivity index (χ4v) is 2.68. The van der Waals surface area contributed by atoms with Gasteiger partial charge in [-0.1, -0.05) is 29.3 Å². The SMILES string of the molecule is C[C@@H](OC(=O)c1cc(Cl)ccc1Cl)C(=O)NCc1ccc2c(c1)OCO2. The molecule has 1 aliphatic heterocycles. The highest BCUT2D eigenvalue weighted by molar-refractivity contribution is 6.35. The van der Waals surface area contributed by atoms with E-state index in [9.17, 15) is 9.59 Å². The van der Waals surface area contributed by atoms with Gasteiger partial charge in [-0.25, -0.2) is 4.79 Å². The summed E-state index contributed by atoms with van der Waals surface area (Å²) in [5.41, 5.74) is 0.939. The van der Waals surface area contributed by atoms with Gasteiger partial charge in [0.2, 0.25) is 6.79 Å². The Morgan fingerprint density at radius 1 is 1.15 bits per heavy atom. The molecule has 1 amide bonds. The van der Waals surface area contributed by atoms with E-state index >= 15 is 0 Å². The minimum absolute atomic E-state index is 0.106. The molecule has 136 valence electrons. The van der Waals surface area contributed by atoms with Crippen LogP contribution in [-0.4, -0.2) is 24.8 Å². The van der Waals surface area contributed by atoms with Gasteiger partial charge in [-0.3, -0.25) is 4.79 Å². The predicted molar refractivity (Wildman–Crippen MR) is 95.8 cm³/mol. The molecule has 6 nitrogen and oxygen atoms in total. The van der Waals surface area contributed by atoms with Gasteiger partial charge in [0.05, 0.1) is 10.6 Å². The van der Waals surface area contributed by atoms with Crippen LogP contribution in [0.25, 0.3) is 0 Å². The van der Waals surface area contributed by atoms with E-state index in [1.807, 2.05) is 6.07 Å². The van der Waals surface area contributed by atoms with Crippen LogP contribution in [-0.2, 0) is 16.1 Å². The maximum atomic E-state index is 12.2. The average molecular weight is 396 g/mol. The molecule has 0 fully saturated rings. The Balaban J connectivity index is 1.56. The van der Waals surface area contributed by atoms with E-state index in [2.05, 4.69) is 5.32 Å². The number of ether oxygens (including phenoxy) is 3. The molecule has 0 aromatic heterocycles. The summed E-state index contributed by atoms with van der Waals surface area (Å²) in [6.45, 7) is 1.92. The first kappa shape index (κ1) is 18.4. The fraction of sp³-hybridized carbons (Fsp3) is 0.222. The number of nitrogens with one attached hydrogen (secondary N) is 1. The van der Waals surface area contributed by atoms with Crippen LogP contribution in [0.3, 0.4) is 0 Å². The molecule has 1 heterocycles. The highest BCUT2D eigenvalue weighted by atomic mass is 35.5. The number of hydrogen-bond donors (Lipinski definition) is 1. The maximum Gasteiger partial charge on any atom is 0.340 e. The lowest BCUT2D eigenvalue weighted by atomic mass is 10.2. The summed E-state index contributed by atoms with van der Waals surface area (Å²) in [5, 5.41) is 3.25. The zero-order chi connectivity index (χ0) is 18.7. The molecule has 2 aromatic carbocycles. The van der Waals surface area contributed by atoms with Crippen LogP contribution in [0.15, 0.2) is 36.4 Å². The molecule has 0 unspecified atom stereocenters. The second-order valence-corrected chi connectivity index (χ2v) is 6.42. The largest absolute Gasteiger partial charge is 0.454 e. The van der Waals surface area contributed by atoms with Gasteiger partial charge in [0.25, 0.3) is 5.91 Å². The topological polar surface area (TPSA) is 73.9 Å². The zero-order valence-electron chi connectivity index (χ0n) is 13.8. The molecule has 0 bridgehead atoms. The lowest BCUT2D eigenvalue weighted by Crippen LogP contribution is -2.35. The van der Waals surface area contributed by atoms with Crippen molar-refractivity contribution in [2.75, 3.05) is 6.79 Å². The molecule has 0 saturated carbocycles. The number of fused-ring (bicyclic) bond motifs is 1. The summed E-state index contributed by atoms with van der Waals surface area (Å²) in [6.07, 6.45) is -0.994. The minimum Gasteiger partial charge on any atom is -0.454 e. The third kappa shape index (κ3) is 4.20. The molecule has 0 radical (unpaired) electrons. The van der Waals surface area contributed by atoms with Crippen LogP contribution in [0.5, 0.6) is 11.5 Å². The van der Waals surface area contributed by atoms with Crippen molar-refractivity contribution in [3.63, 3.8) is 0 Å². The van der Waals surface area contributed by atoms with E-state index in [4.69, 9.17) is 37.4 Å². The second-order valence-electron chi connectivity index (χ2n) is 5.58. The van der Waals surface area contributed by atoms with Crippen LogP contribution in [0.2, 0.25) is 10.0 Å². The standard InChI is InChI=1S/C18H15Cl2NO5/c1-10(26-18(23)13-7-12(19)3-4-14(13)20)17(22)21-8-11-2-5-15-16(6-11)25-9-24-15/h2-7,10H,8-9H2,1H3,(H,21,22)/t10-/m1/s1. The smallest absolute Gasteiger partial charge is 0.340 e. The molecule has 3 rings (SSSR count).